The van der Waals surface area contributed by atoms with Crippen molar-refractivity contribution in [3.05, 3.63) is 10.8 Å². The molecule has 0 fully saturated rings. The molecule has 90 valence electrons. The highest BCUT2D eigenvalue weighted by Crippen LogP contribution is 2.30. The Balaban J connectivity index is 2.95. The lowest BCUT2D eigenvalue weighted by Crippen LogP contribution is -2.30. The monoisotopic (exact) mass is 286 g/mol. The van der Waals surface area contributed by atoms with Crippen LogP contribution in [0.2, 0.25) is 0 Å². The van der Waals surface area contributed by atoms with Gasteiger partial charge in [-0.25, -0.2) is 9.97 Å². The number of rotatable bonds is 3. The third kappa shape index (κ3) is 3.33. The SMILES string of the molecule is CNc1ncnc(N(C)CC(C)(C)C)c1Br. The molecule has 0 aliphatic heterocycles. The molecular weight excluding hydrogens is 268 g/mol. The third-order valence-corrected chi connectivity index (χ3v) is 2.81. The number of aromatic nitrogens is 2. The quantitative estimate of drug-likeness (QED) is 0.928. The second-order valence-corrected chi connectivity index (χ2v) is 5.82. The van der Waals surface area contributed by atoms with E-state index in [0.717, 1.165) is 22.7 Å². The molecule has 0 aliphatic carbocycles. The van der Waals surface area contributed by atoms with E-state index in [1.54, 1.807) is 6.33 Å². The number of anilines is 2. The Labute approximate surface area is 106 Å². The summed E-state index contributed by atoms with van der Waals surface area (Å²) in [5, 5.41) is 3.03. The van der Waals surface area contributed by atoms with Crippen molar-refractivity contribution in [2.24, 2.45) is 5.41 Å². The molecule has 0 bridgehead atoms. The first kappa shape index (κ1) is 13.2. The number of nitrogens with one attached hydrogen (secondary N) is 1. The molecule has 0 atom stereocenters. The molecule has 16 heavy (non-hydrogen) atoms. The predicted octanol–water partition coefficient (Wildman–Crippen LogP) is 2.76. The van der Waals surface area contributed by atoms with E-state index >= 15 is 0 Å². The first-order chi connectivity index (χ1) is 7.35. The van der Waals surface area contributed by atoms with Crippen molar-refractivity contribution in [1.82, 2.24) is 9.97 Å². The summed E-state index contributed by atoms with van der Waals surface area (Å²) in [4.78, 5) is 10.6. The number of nitrogens with zero attached hydrogens (tertiary/aromatic N) is 3. The molecule has 0 saturated carbocycles. The molecule has 1 heterocycles. The fraction of sp³-hybridized carbons (Fsp3) is 0.636. The standard InChI is InChI=1S/C11H19BrN4/c1-11(2,3)6-16(5)10-8(12)9(13-4)14-7-15-10/h7H,6H2,1-5H3,(H,13,14,15). The average molecular weight is 287 g/mol. The molecular formula is C11H19BrN4. The van der Waals surface area contributed by atoms with Crippen LogP contribution >= 0.6 is 15.9 Å². The van der Waals surface area contributed by atoms with Crippen LogP contribution in [0.5, 0.6) is 0 Å². The lowest BCUT2D eigenvalue weighted by atomic mass is 9.96. The Morgan fingerprint density at radius 1 is 1.38 bits per heavy atom. The summed E-state index contributed by atoms with van der Waals surface area (Å²) in [6.07, 6.45) is 1.57. The van der Waals surface area contributed by atoms with Crippen molar-refractivity contribution < 1.29 is 0 Å². The van der Waals surface area contributed by atoms with E-state index < -0.39 is 0 Å². The first-order valence-electron chi connectivity index (χ1n) is 5.24. The van der Waals surface area contributed by atoms with Crippen LogP contribution in [0.4, 0.5) is 11.6 Å². The molecule has 4 nitrogen and oxygen atoms in total. The van der Waals surface area contributed by atoms with Crippen LogP contribution in [-0.4, -0.2) is 30.6 Å². The van der Waals surface area contributed by atoms with Crippen LogP contribution in [0.15, 0.2) is 10.8 Å². The van der Waals surface area contributed by atoms with Crippen molar-refractivity contribution in [3.63, 3.8) is 0 Å². The van der Waals surface area contributed by atoms with Crippen LogP contribution in [-0.2, 0) is 0 Å². The van der Waals surface area contributed by atoms with Gasteiger partial charge in [-0.3, -0.25) is 0 Å². The molecule has 0 spiro atoms. The fourth-order valence-corrected chi connectivity index (χ4v) is 2.29. The van der Waals surface area contributed by atoms with Crippen LogP contribution in [0.1, 0.15) is 20.8 Å². The molecule has 1 N–H and O–H groups in total. The van der Waals surface area contributed by atoms with Gasteiger partial charge in [-0.05, 0) is 21.3 Å². The highest BCUT2D eigenvalue weighted by atomic mass is 79.9. The average Bonchev–Trinajstić information content (AvgIpc) is 2.15. The maximum absolute atomic E-state index is 4.30. The normalized spacial score (nSPS) is 11.4. The summed E-state index contributed by atoms with van der Waals surface area (Å²) in [6, 6.07) is 0. The largest absolute Gasteiger partial charge is 0.372 e. The van der Waals surface area contributed by atoms with Crippen molar-refractivity contribution >= 4 is 27.6 Å². The smallest absolute Gasteiger partial charge is 0.148 e. The van der Waals surface area contributed by atoms with E-state index in [9.17, 15) is 0 Å². The van der Waals surface area contributed by atoms with Gasteiger partial charge >= 0.3 is 0 Å². The van der Waals surface area contributed by atoms with Crippen molar-refractivity contribution in [3.8, 4) is 0 Å². The second kappa shape index (κ2) is 4.99. The Hall–Kier alpha value is -0.840. The Morgan fingerprint density at radius 3 is 2.50 bits per heavy atom. The maximum Gasteiger partial charge on any atom is 0.148 e. The van der Waals surface area contributed by atoms with E-state index in [0.29, 0.717) is 0 Å². The van der Waals surface area contributed by atoms with Crippen molar-refractivity contribution in [2.75, 3.05) is 30.9 Å². The molecule has 1 aromatic heterocycles. The van der Waals surface area contributed by atoms with Gasteiger partial charge in [0.1, 0.15) is 22.4 Å². The Kier molecular flexibility index (Phi) is 4.13. The van der Waals surface area contributed by atoms with E-state index in [2.05, 4.69) is 56.9 Å². The minimum Gasteiger partial charge on any atom is -0.372 e. The maximum atomic E-state index is 4.30. The van der Waals surface area contributed by atoms with Gasteiger partial charge in [-0.1, -0.05) is 20.8 Å². The predicted molar refractivity (Wildman–Crippen MR) is 72.0 cm³/mol. The van der Waals surface area contributed by atoms with E-state index in [1.165, 1.54) is 0 Å². The highest BCUT2D eigenvalue weighted by Gasteiger charge is 2.17. The van der Waals surface area contributed by atoms with Crippen LogP contribution in [0, 0.1) is 5.41 Å². The van der Waals surface area contributed by atoms with Gasteiger partial charge in [0.25, 0.3) is 0 Å². The molecule has 0 aromatic carbocycles. The molecule has 0 aliphatic rings. The summed E-state index contributed by atoms with van der Waals surface area (Å²) in [5.41, 5.74) is 0.235. The number of halogens is 1. The minimum atomic E-state index is 0.235. The van der Waals surface area contributed by atoms with E-state index in [1.807, 2.05) is 14.1 Å². The van der Waals surface area contributed by atoms with Gasteiger partial charge in [0.05, 0.1) is 0 Å². The molecule has 0 unspecified atom stereocenters. The molecule has 1 rings (SSSR count). The Morgan fingerprint density at radius 2 is 2.00 bits per heavy atom. The van der Waals surface area contributed by atoms with Crippen molar-refractivity contribution in [1.29, 1.82) is 0 Å². The number of hydrogen-bond acceptors (Lipinski definition) is 4. The fourth-order valence-electron chi connectivity index (χ4n) is 1.59. The zero-order chi connectivity index (χ0) is 12.3. The summed E-state index contributed by atoms with van der Waals surface area (Å²) in [5.74, 6) is 1.72. The van der Waals surface area contributed by atoms with Crippen LogP contribution in [0.25, 0.3) is 0 Å². The van der Waals surface area contributed by atoms with Gasteiger partial charge < -0.3 is 10.2 Å². The zero-order valence-corrected chi connectivity index (χ0v) is 12.1. The van der Waals surface area contributed by atoms with Crippen LogP contribution < -0.4 is 10.2 Å². The van der Waals surface area contributed by atoms with E-state index in [4.69, 9.17) is 0 Å². The van der Waals surface area contributed by atoms with Gasteiger partial charge in [0.15, 0.2) is 0 Å². The molecule has 5 heteroatoms. The summed E-state index contributed by atoms with van der Waals surface area (Å²) in [7, 11) is 3.89. The van der Waals surface area contributed by atoms with E-state index in [-0.39, 0.29) is 5.41 Å². The van der Waals surface area contributed by atoms with Gasteiger partial charge in [0, 0.05) is 20.6 Å². The zero-order valence-electron chi connectivity index (χ0n) is 10.5. The summed E-state index contributed by atoms with van der Waals surface area (Å²) < 4.78 is 0.907. The lowest BCUT2D eigenvalue weighted by Gasteiger charge is -2.28. The van der Waals surface area contributed by atoms with Gasteiger partial charge in [-0.15, -0.1) is 0 Å². The molecule has 0 saturated heterocycles. The summed E-state index contributed by atoms with van der Waals surface area (Å²) >= 11 is 3.52. The van der Waals surface area contributed by atoms with Gasteiger partial charge in [0.2, 0.25) is 0 Å². The van der Waals surface area contributed by atoms with Crippen molar-refractivity contribution in [2.45, 2.75) is 20.8 Å². The minimum absolute atomic E-state index is 0.235. The molecule has 1 aromatic rings. The summed E-state index contributed by atoms with van der Waals surface area (Å²) in [6.45, 7) is 7.55. The highest BCUT2D eigenvalue weighted by molar-refractivity contribution is 9.10. The van der Waals surface area contributed by atoms with Crippen LogP contribution in [0.3, 0.4) is 0 Å². The molecule has 0 amide bonds. The van der Waals surface area contributed by atoms with Gasteiger partial charge in [-0.2, -0.15) is 0 Å². The first-order valence-corrected chi connectivity index (χ1v) is 6.04. The number of hydrogen-bond donors (Lipinski definition) is 1. The molecule has 0 radical (unpaired) electrons. The second-order valence-electron chi connectivity index (χ2n) is 5.03. The lowest BCUT2D eigenvalue weighted by molar-refractivity contribution is 0.417. The third-order valence-electron chi connectivity index (χ3n) is 2.08. The topological polar surface area (TPSA) is 41.1 Å². The Bertz CT molecular complexity index is 359.